The first-order valence-electron chi connectivity index (χ1n) is 10.4. The molecule has 1 aromatic heterocycles. The summed E-state index contributed by atoms with van der Waals surface area (Å²) in [5.41, 5.74) is 5.89. The summed E-state index contributed by atoms with van der Waals surface area (Å²) in [5.74, 6) is 0.872. The van der Waals surface area contributed by atoms with Gasteiger partial charge in [-0.2, -0.15) is 0 Å². The van der Waals surface area contributed by atoms with Gasteiger partial charge in [-0.05, 0) is 72.2 Å². The number of rotatable bonds is 4. The summed E-state index contributed by atoms with van der Waals surface area (Å²) in [6.07, 6.45) is 4.04. The number of carbonyl (C=O) groups is 1. The summed E-state index contributed by atoms with van der Waals surface area (Å²) >= 11 is 3.27. The minimum absolute atomic E-state index is 0.0305. The second-order valence-corrected chi connectivity index (χ2v) is 9.28. The second kappa shape index (κ2) is 8.92. The van der Waals surface area contributed by atoms with E-state index in [4.69, 9.17) is 4.74 Å². The van der Waals surface area contributed by atoms with E-state index in [-0.39, 0.29) is 5.91 Å². The molecule has 3 aromatic carbocycles. The number of thioether (sulfide) groups is 2. The van der Waals surface area contributed by atoms with Crippen LogP contribution in [0.25, 0.3) is 22.2 Å². The van der Waals surface area contributed by atoms with Crippen LogP contribution in [0.4, 0.5) is 0 Å². The molecule has 162 valence electrons. The minimum Gasteiger partial charge on any atom is -0.491 e. The lowest BCUT2D eigenvalue weighted by atomic mass is 10.0. The number of aromatic amines is 1. The molecule has 1 amide bonds. The number of aromatic nitrogens is 2. The average molecular weight is 462 g/mol. The molecular formula is C25H23N3O2S2. The topological polar surface area (TPSA) is 58.2 Å². The molecule has 0 radical (unpaired) electrons. The zero-order valence-corrected chi connectivity index (χ0v) is 19.6. The fourth-order valence-electron chi connectivity index (χ4n) is 3.93. The van der Waals surface area contributed by atoms with Crippen molar-refractivity contribution in [2.45, 2.75) is 16.6 Å². The van der Waals surface area contributed by atoms with E-state index in [1.54, 1.807) is 23.5 Å². The van der Waals surface area contributed by atoms with Crippen LogP contribution >= 0.6 is 23.5 Å². The highest BCUT2D eigenvalue weighted by atomic mass is 32.2. The van der Waals surface area contributed by atoms with E-state index in [2.05, 4.69) is 34.2 Å². The monoisotopic (exact) mass is 461 g/mol. The summed E-state index contributed by atoms with van der Waals surface area (Å²) in [6.45, 7) is 1.57. The number of hydrogen-bond donors (Lipinski definition) is 1. The third kappa shape index (κ3) is 4.10. The Morgan fingerprint density at radius 3 is 2.56 bits per heavy atom. The van der Waals surface area contributed by atoms with Crippen LogP contribution in [0, 0.1) is 0 Å². The van der Waals surface area contributed by atoms with Crippen LogP contribution in [0.3, 0.4) is 0 Å². The van der Waals surface area contributed by atoms with Gasteiger partial charge >= 0.3 is 0 Å². The SMILES string of the molecule is CSc1ccc(C(=O)N2CCOc3ccc(-c4ccc5nc(SC)[nH]c5c4)cc3C2)cc1. The number of nitrogens with zero attached hydrogens (tertiary/aromatic N) is 2. The van der Waals surface area contributed by atoms with E-state index in [1.165, 1.54) is 0 Å². The van der Waals surface area contributed by atoms with E-state index >= 15 is 0 Å². The molecule has 0 saturated carbocycles. The van der Waals surface area contributed by atoms with Crippen molar-refractivity contribution in [1.82, 2.24) is 14.9 Å². The van der Waals surface area contributed by atoms with Gasteiger partial charge in [0.2, 0.25) is 0 Å². The van der Waals surface area contributed by atoms with E-state index in [1.807, 2.05) is 53.8 Å². The highest BCUT2D eigenvalue weighted by Crippen LogP contribution is 2.31. The van der Waals surface area contributed by atoms with Crippen LogP contribution in [-0.4, -0.2) is 46.4 Å². The van der Waals surface area contributed by atoms with E-state index in [0.717, 1.165) is 43.5 Å². The summed E-state index contributed by atoms with van der Waals surface area (Å²) in [4.78, 5) is 24.1. The molecule has 2 heterocycles. The highest BCUT2D eigenvalue weighted by molar-refractivity contribution is 7.98. The maximum absolute atomic E-state index is 13.1. The number of benzene rings is 3. The van der Waals surface area contributed by atoms with Crippen molar-refractivity contribution in [3.05, 3.63) is 71.8 Å². The Bertz CT molecular complexity index is 1280. The Balaban J connectivity index is 1.43. The zero-order valence-electron chi connectivity index (χ0n) is 17.9. The van der Waals surface area contributed by atoms with Gasteiger partial charge in [0, 0.05) is 22.6 Å². The van der Waals surface area contributed by atoms with Crippen LogP contribution in [0.2, 0.25) is 0 Å². The summed E-state index contributed by atoms with van der Waals surface area (Å²) in [5, 5.41) is 0.909. The van der Waals surface area contributed by atoms with E-state index < -0.39 is 0 Å². The molecule has 5 nitrogen and oxygen atoms in total. The highest BCUT2D eigenvalue weighted by Gasteiger charge is 2.21. The lowest BCUT2D eigenvalue weighted by molar-refractivity contribution is 0.0733. The van der Waals surface area contributed by atoms with Crippen LogP contribution < -0.4 is 4.74 Å². The van der Waals surface area contributed by atoms with Gasteiger partial charge in [-0.1, -0.05) is 23.9 Å². The van der Waals surface area contributed by atoms with Gasteiger partial charge in [-0.25, -0.2) is 4.98 Å². The number of fused-ring (bicyclic) bond motifs is 2. The molecule has 1 N–H and O–H groups in total. The normalized spacial score (nSPS) is 13.5. The molecule has 0 aliphatic carbocycles. The fourth-order valence-corrected chi connectivity index (χ4v) is 4.74. The predicted octanol–water partition coefficient (Wildman–Crippen LogP) is 5.71. The van der Waals surface area contributed by atoms with E-state index in [9.17, 15) is 4.79 Å². The number of carbonyl (C=O) groups excluding carboxylic acids is 1. The van der Waals surface area contributed by atoms with Crippen molar-refractivity contribution in [1.29, 1.82) is 0 Å². The number of ether oxygens (including phenoxy) is 1. The number of H-pyrrole nitrogens is 1. The number of amides is 1. The molecular weight excluding hydrogens is 438 g/mol. The summed E-state index contributed by atoms with van der Waals surface area (Å²) in [6, 6.07) is 20.3. The van der Waals surface area contributed by atoms with Crippen LogP contribution in [0.15, 0.2) is 70.7 Å². The lowest BCUT2D eigenvalue weighted by Gasteiger charge is -2.20. The maximum atomic E-state index is 13.1. The largest absolute Gasteiger partial charge is 0.491 e. The maximum Gasteiger partial charge on any atom is 0.254 e. The zero-order chi connectivity index (χ0) is 22.1. The molecule has 5 rings (SSSR count). The van der Waals surface area contributed by atoms with Crippen LogP contribution in [0.1, 0.15) is 15.9 Å². The van der Waals surface area contributed by atoms with Gasteiger partial charge < -0.3 is 14.6 Å². The molecule has 4 aromatic rings. The third-order valence-electron chi connectivity index (χ3n) is 5.65. The third-order valence-corrected chi connectivity index (χ3v) is 6.98. The molecule has 0 bridgehead atoms. The van der Waals surface area contributed by atoms with Crippen molar-refractivity contribution in [2.75, 3.05) is 25.7 Å². The van der Waals surface area contributed by atoms with Crippen LogP contribution in [0.5, 0.6) is 5.75 Å². The number of imidazole rings is 1. The number of hydrogen-bond acceptors (Lipinski definition) is 5. The van der Waals surface area contributed by atoms with Gasteiger partial charge in [0.05, 0.1) is 17.6 Å². The Labute approximate surface area is 195 Å². The molecule has 0 spiro atoms. The quantitative estimate of drug-likeness (QED) is 0.395. The first kappa shape index (κ1) is 21.0. The first-order valence-corrected chi connectivity index (χ1v) is 12.8. The van der Waals surface area contributed by atoms with E-state index in [0.29, 0.717) is 25.3 Å². The van der Waals surface area contributed by atoms with Crippen LogP contribution in [-0.2, 0) is 6.54 Å². The Morgan fingerprint density at radius 2 is 1.78 bits per heavy atom. The Morgan fingerprint density at radius 1 is 1.00 bits per heavy atom. The smallest absolute Gasteiger partial charge is 0.254 e. The fraction of sp³-hybridized carbons (Fsp3) is 0.200. The van der Waals surface area contributed by atoms with Gasteiger partial charge in [0.15, 0.2) is 5.16 Å². The summed E-state index contributed by atoms with van der Waals surface area (Å²) < 4.78 is 5.96. The first-order chi connectivity index (χ1) is 15.6. The molecule has 0 fully saturated rings. The van der Waals surface area contributed by atoms with Gasteiger partial charge in [0.25, 0.3) is 5.91 Å². The molecule has 0 atom stereocenters. The van der Waals surface area contributed by atoms with Gasteiger partial charge in [-0.3, -0.25) is 4.79 Å². The van der Waals surface area contributed by atoms with Gasteiger partial charge in [0.1, 0.15) is 12.4 Å². The lowest BCUT2D eigenvalue weighted by Crippen LogP contribution is -2.32. The molecule has 0 saturated heterocycles. The van der Waals surface area contributed by atoms with Crippen molar-refractivity contribution < 1.29 is 9.53 Å². The van der Waals surface area contributed by atoms with Crippen molar-refractivity contribution in [3.8, 4) is 16.9 Å². The second-order valence-electron chi connectivity index (χ2n) is 7.60. The molecule has 0 unspecified atom stereocenters. The molecule has 1 aliphatic rings. The number of nitrogens with one attached hydrogen (secondary N) is 1. The van der Waals surface area contributed by atoms with Crippen molar-refractivity contribution >= 4 is 40.5 Å². The molecule has 7 heteroatoms. The predicted molar refractivity (Wildman–Crippen MR) is 132 cm³/mol. The Hall–Kier alpha value is -2.90. The Kier molecular flexibility index (Phi) is 5.85. The standard InChI is InChI=1S/C25H23N3O2S2/c1-31-20-7-3-16(4-8-20)24(29)28-11-12-30-23-10-6-17(13-19(23)15-28)18-5-9-21-22(14-18)27-25(26-21)32-2/h3-10,13-14H,11-12,15H2,1-2H3,(H,26,27). The summed E-state index contributed by atoms with van der Waals surface area (Å²) in [7, 11) is 0. The molecule has 32 heavy (non-hydrogen) atoms. The van der Waals surface area contributed by atoms with Crippen molar-refractivity contribution in [2.24, 2.45) is 0 Å². The average Bonchev–Trinajstić information content (AvgIpc) is 3.14. The van der Waals surface area contributed by atoms with Gasteiger partial charge in [-0.15, -0.1) is 11.8 Å². The molecule has 1 aliphatic heterocycles. The van der Waals surface area contributed by atoms with Crippen molar-refractivity contribution in [3.63, 3.8) is 0 Å². The minimum atomic E-state index is 0.0305.